The average molecular weight is 250 g/mol. The Kier molecular flexibility index (Phi) is 2.66. The summed E-state index contributed by atoms with van der Waals surface area (Å²) in [5, 5.41) is 0.0312. The van der Waals surface area contributed by atoms with Gasteiger partial charge in [-0.1, -0.05) is 12.1 Å². The van der Waals surface area contributed by atoms with Gasteiger partial charge in [0.25, 0.3) is 0 Å². The summed E-state index contributed by atoms with van der Waals surface area (Å²) < 4.78 is 23.5. The highest BCUT2D eigenvalue weighted by Gasteiger charge is 2.32. The molecule has 0 amide bonds. The fourth-order valence-corrected chi connectivity index (χ4v) is 2.42. The van der Waals surface area contributed by atoms with Crippen molar-refractivity contribution < 1.29 is 8.42 Å². The number of fused-ring (bicyclic) bond motifs is 1. The molecular weight excluding hydrogens is 236 g/mol. The van der Waals surface area contributed by atoms with Gasteiger partial charge < -0.3 is 0 Å². The molecule has 1 aromatic heterocycles. The first-order valence-corrected chi connectivity index (χ1v) is 6.77. The highest BCUT2D eigenvalue weighted by molar-refractivity contribution is 7.92. The molecule has 0 saturated carbocycles. The van der Waals surface area contributed by atoms with E-state index in [0.717, 1.165) is 0 Å². The van der Waals surface area contributed by atoms with Crippen LogP contribution in [0.4, 0.5) is 0 Å². The molecule has 1 heterocycles. The Hall–Kier alpha value is -1.49. The number of hydrogen-bond acceptors (Lipinski definition) is 4. The molecule has 0 unspecified atom stereocenters. The van der Waals surface area contributed by atoms with Crippen molar-refractivity contribution in [3.8, 4) is 0 Å². The summed E-state index contributed by atoms with van der Waals surface area (Å²) in [6, 6.07) is 7.21. The lowest BCUT2D eigenvalue weighted by Gasteiger charge is -2.18. The number of rotatable bonds is 1. The summed E-state index contributed by atoms with van der Waals surface area (Å²) in [4.78, 5) is 8.28. The van der Waals surface area contributed by atoms with E-state index in [1.54, 1.807) is 32.9 Å². The zero-order valence-corrected chi connectivity index (χ0v) is 10.8. The first-order valence-electron chi connectivity index (χ1n) is 5.29. The number of sulfone groups is 1. The fraction of sp³-hybridized carbons (Fsp3) is 0.333. The molecule has 0 aliphatic rings. The van der Waals surface area contributed by atoms with Crippen molar-refractivity contribution in [2.75, 3.05) is 0 Å². The second-order valence-corrected chi connectivity index (χ2v) is 7.46. The van der Waals surface area contributed by atoms with Crippen molar-refractivity contribution in [2.45, 2.75) is 30.5 Å². The maximum Gasteiger partial charge on any atom is 0.202 e. The molecule has 0 aliphatic carbocycles. The van der Waals surface area contributed by atoms with Crippen molar-refractivity contribution in [3.63, 3.8) is 0 Å². The smallest absolute Gasteiger partial charge is 0.202 e. The zero-order chi connectivity index (χ0) is 12.7. The molecule has 17 heavy (non-hydrogen) atoms. The Bertz CT molecular complexity index is 658. The molecule has 0 aliphatic heterocycles. The van der Waals surface area contributed by atoms with E-state index >= 15 is 0 Å². The molecule has 5 heteroatoms. The normalized spacial score (nSPS) is 12.9. The Morgan fingerprint density at radius 1 is 1.06 bits per heavy atom. The van der Waals surface area contributed by atoms with Crippen LogP contribution >= 0.6 is 0 Å². The predicted octanol–water partition coefficient (Wildman–Crippen LogP) is 2.20. The largest absolute Gasteiger partial charge is 0.252 e. The number of benzene rings is 1. The van der Waals surface area contributed by atoms with E-state index in [0.29, 0.717) is 11.0 Å². The van der Waals surface area contributed by atoms with Crippen molar-refractivity contribution >= 4 is 20.9 Å². The van der Waals surface area contributed by atoms with Gasteiger partial charge in [-0.15, -0.1) is 0 Å². The lowest BCUT2D eigenvalue weighted by molar-refractivity contribution is 0.556. The Morgan fingerprint density at radius 3 is 2.24 bits per heavy atom. The first-order chi connectivity index (χ1) is 7.82. The maximum atomic E-state index is 12.2. The molecule has 0 spiro atoms. The van der Waals surface area contributed by atoms with Gasteiger partial charge in [-0.3, -0.25) is 4.98 Å². The third-order valence-electron chi connectivity index (χ3n) is 2.51. The van der Waals surface area contributed by atoms with Crippen LogP contribution in [0.25, 0.3) is 11.0 Å². The van der Waals surface area contributed by atoms with Gasteiger partial charge in [-0.2, -0.15) is 0 Å². The number of para-hydroxylation sites is 2. The van der Waals surface area contributed by atoms with E-state index < -0.39 is 14.6 Å². The topological polar surface area (TPSA) is 59.9 Å². The molecule has 4 nitrogen and oxygen atoms in total. The highest BCUT2D eigenvalue weighted by Crippen LogP contribution is 2.23. The van der Waals surface area contributed by atoms with Crippen LogP contribution < -0.4 is 0 Å². The van der Waals surface area contributed by atoms with Crippen LogP contribution in [0.2, 0.25) is 0 Å². The van der Waals surface area contributed by atoms with E-state index in [-0.39, 0.29) is 5.03 Å². The lowest BCUT2D eigenvalue weighted by Crippen LogP contribution is -2.28. The molecule has 0 atom stereocenters. The van der Waals surface area contributed by atoms with Crippen molar-refractivity contribution in [1.82, 2.24) is 9.97 Å². The van der Waals surface area contributed by atoms with Gasteiger partial charge in [-0.25, -0.2) is 13.4 Å². The van der Waals surface area contributed by atoms with Crippen LogP contribution in [0.5, 0.6) is 0 Å². The monoisotopic (exact) mass is 250 g/mol. The SMILES string of the molecule is CC(C)(C)S(=O)(=O)c1cnc2ccccc2n1. The lowest BCUT2D eigenvalue weighted by atomic mass is 10.3. The molecule has 0 fully saturated rings. The predicted molar refractivity (Wildman–Crippen MR) is 66.5 cm³/mol. The minimum Gasteiger partial charge on any atom is -0.252 e. The van der Waals surface area contributed by atoms with Gasteiger partial charge in [0.2, 0.25) is 9.84 Å². The van der Waals surface area contributed by atoms with E-state index in [9.17, 15) is 8.42 Å². The zero-order valence-electron chi connectivity index (χ0n) is 10.0. The molecule has 0 N–H and O–H groups in total. The van der Waals surface area contributed by atoms with Gasteiger partial charge in [0.15, 0.2) is 5.03 Å². The minimum atomic E-state index is -3.44. The third kappa shape index (κ3) is 2.02. The molecule has 90 valence electrons. The van der Waals surface area contributed by atoms with Crippen LogP contribution in [-0.2, 0) is 9.84 Å². The Morgan fingerprint density at radius 2 is 1.65 bits per heavy atom. The van der Waals surface area contributed by atoms with Gasteiger partial charge >= 0.3 is 0 Å². The maximum absolute atomic E-state index is 12.2. The Balaban J connectivity index is 2.66. The molecular formula is C12H14N2O2S. The number of hydrogen-bond donors (Lipinski definition) is 0. The van der Waals surface area contributed by atoms with Crippen molar-refractivity contribution in [1.29, 1.82) is 0 Å². The van der Waals surface area contributed by atoms with Crippen LogP contribution in [0.1, 0.15) is 20.8 Å². The van der Waals surface area contributed by atoms with Crippen LogP contribution in [0.15, 0.2) is 35.5 Å². The van der Waals surface area contributed by atoms with E-state index in [4.69, 9.17) is 0 Å². The summed E-state index contributed by atoms with van der Waals surface area (Å²) in [5.74, 6) is 0. The quantitative estimate of drug-likeness (QED) is 0.778. The van der Waals surface area contributed by atoms with Crippen molar-refractivity contribution in [3.05, 3.63) is 30.5 Å². The number of aromatic nitrogens is 2. The summed E-state index contributed by atoms with van der Waals surface area (Å²) in [5.41, 5.74) is 1.29. The van der Waals surface area contributed by atoms with E-state index in [1.165, 1.54) is 6.20 Å². The molecule has 2 rings (SSSR count). The summed E-state index contributed by atoms with van der Waals surface area (Å²) >= 11 is 0. The molecule has 0 bridgehead atoms. The third-order valence-corrected chi connectivity index (χ3v) is 4.87. The first kappa shape index (κ1) is 12.0. The molecule has 0 radical (unpaired) electrons. The van der Waals surface area contributed by atoms with Gasteiger partial charge in [0.05, 0.1) is 22.0 Å². The minimum absolute atomic E-state index is 0.0312. The van der Waals surface area contributed by atoms with Crippen LogP contribution in [-0.4, -0.2) is 23.1 Å². The van der Waals surface area contributed by atoms with Gasteiger partial charge in [0, 0.05) is 0 Å². The second kappa shape index (κ2) is 3.77. The van der Waals surface area contributed by atoms with E-state index in [1.807, 2.05) is 12.1 Å². The standard InChI is InChI=1S/C12H14N2O2S/c1-12(2,3)17(15,16)11-8-13-9-6-4-5-7-10(9)14-11/h4-8H,1-3H3. The summed E-state index contributed by atoms with van der Waals surface area (Å²) in [6.45, 7) is 4.96. The highest BCUT2D eigenvalue weighted by atomic mass is 32.2. The number of nitrogens with zero attached hydrogens (tertiary/aromatic N) is 2. The Labute approximate surface area is 101 Å². The van der Waals surface area contributed by atoms with Gasteiger partial charge in [-0.05, 0) is 32.9 Å². The molecule has 2 aromatic rings. The molecule has 1 aromatic carbocycles. The summed E-state index contributed by atoms with van der Waals surface area (Å²) in [7, 11) is -3.44. The second-order valence-electron chi connectivity index (χ2n) is 4.81. The summed E-state index contributed by atoms with van der Waals surface area (Å²) in [6.07, 6.45) is 1.32. The van der Waals surface area contributed by atoms with Gasteiger partial charge in [0.1, 0.15) is 0 Å². The van der Waals surface area contributed by atoms with Crippen LogP contribution in [0.3, 0.4) is 0 Å². The van der Waals surface area contributed by atoms with E-state index in [2.05, 4.69) is 9.97 Å². The van der Waals surface area contributed by atoms with Crippen LogP contribution in [0, 0.1) is 0 Å². The van der Waals surface area contributed by atoms with Crippen molar-refractivity contribution in [2.24, 2.45) is 0 Å². The fourth-order valence-electron chi connectivity index (χ4n) is 1.38. The average Bonchev–Trinajstić information content (AvgIpc) is 2.27. The molecule has 0 saturated heterocycles.